The third-order valence-electron chi connectivity index (χ3n) is 2.70. The molecule has 0 atom stereocenters. The molecule has 0 aliphatic heterocycles. The predicted octanol–water partition coefficient (Wildman–Crippen LogP) is 2.40. The van der Waals surface area contributed by atoms with E-state index < -0.39 is 5.97 Å². The molecule has 2 aromatic heterocycles. The van der Waals surface area contributed by atoms with Crippen molar-refractivity contribution < 1.29 is 9.90 Å². The lowest BCUT2D eigenvalue weighted by molar-refractivity contribution is 0.0691. The number of imidazole rings is 1. The highest BCUT2D eigenvalue weighted by Crippen LogP contribution is 2.26. The number of carboxylic acids is 1. The molecule has 0 radical (unpaired) electrons. The lowest BCUT2D eigenvalue weighted by atomic mass is 10.2. The second-order valence-electron chi connectivity index (χ2n) is 3.90. The number of carbonyl (C=O) groups is 1. The summed E-state index contributed by atoms with van der Waals surface area (Å²) in [5.41, 5.74) is 2.88. The summed E-state index contributed by atoms with van der Waals surface area (Å²) in [6.07, 6.45) is 1.75. The Morgan fingerprint density at radius 1 is 1.44 bits per heavy atom. The van der Waals surface area contributed by atoms with E-state index in [9.17, 15) is 4.79 Å². The first-order chi connectivity index (χ1) is 8.65. The van der Waals surface area contributed by atoms with Crippen molar-refractivity contribution in [2.75, 3.05) is 0 Å². The van der Waals surface area contributed by atoms with Crippen molar-refractivity contribution in [3.8, 4) is 10.6 Å². The number of hydrogen-bond donors (Lipinski definition) is 1. The third kappa shape index (κ3) is 1.67. The van der Waals surface area contributed by atoms with Gasteiger partial charge < -0.3 is 9.67 Å². The van der Waals surface area contributed by atoms with Crippen LogP contribution in [-0.4, -0.2) is 25.6 Å². The molecule has 0 spiro atoms. The molecule has 3 aromatic rings. The standard InChI is InChI=1S/C12H9N3O2S/c1-15-6-13-8-4-7(2-3-10(8)15)11-14-9(5-18-11)12(16)17/h2-6H,1H3,(H,16,17). The number of carboxylic acid groups (broad SMARTS) is 1. The summed E-state index contributed by atoms with van der Waals surface area (Å²) in [4.78, 5) is 19.1. The molecule has 2 heterocycles. The second-order valence-corrected chi connectivity index (χ2v) is 4.76. The molecule has 0 aliphatic carbocycles. The van der Waals surface area contributed by atoms with Crippen LogP contribution in [0.3, 0.4) is 0 Å². The molecule has 0 amide bonds. The van der Waals surface area contributed by atoms with Crippen LogP contribution >= 0.6 is 11.3 Å². The normalized spacial score (nSPS) is 10.9. The Labute approximate surface area is 106 Å². The highest BCUT2D eigenvalue weighted by molar-refractivity contribution is 7.13. The molecular formula is C12H9N3O2S. The van der Waals surface area contributed by atoms with Gasteiger partial charge in [0.15, 0.2) is 5.69 Å². The molecule has 1 N–H and O–H groups in total. The Balaban J connectivity index is 2.10. The highest BCUT2D eigenvalue weighted by Gasteiger charge is 2.11. The molecular weight excluding hydrogens is 250 g/mol. The van der Waals surface area contributed by atoms with E-state index in [-0.39, 0.29) is 5.69 Å². The zero-order valence-electron chi connectivity index (χ0n) is 9.49. The van der Waals surface area contributed by atoms with E-state index >= 15 is 0 Å². The SMILES string of the molecule is Cn1cnc2cc(-c3nc(C(=O)O)cs3)ccc21. The average molecular weight is 259 g/mol. The largest absolute Gasteiger partial charge is 0.476 e. The van der Waals surface area contributed by atoms with Crippen molar-refractivity contribution in [1.82, 2.24) is 14.5 Å². The maximum atomic E-state index is 10.8. The van der Waals surface area contributed by atoms with Gasteiger partial charge >= 0.3 is 5.97 Å². The number of benzene rings is 1. The van der Waals surface area contributed by atoms with E-state index in [0.29, 0.717) is 5.01 Å². The minimum Gasteiger partial charge on any atom is -0.476 e. The second kappa shape index (κ2) is 3.92. The highest BCUT2D eigenvalue weighted by atomic mass is 32.1. The monoisotopic (exact) mass is 259 g/mol. The van der Waals surface area contributed by atoms with Crippen LogP contribution in [0, 0.1) is 0 Å². The number of aromatic carboxylic acids is 1. The molecule has 0 aliphatic rings. The summed E-state index contributed by atoms with van der Waals surface area (Å²) in [5.74, 6) is -1.00. The molecule has 0 unspecified atom stereocenters. The number of aromatic nitrogens is 3. The molecule has 0 fully saturated rings. The summed E-state index contributed by atoms with van der Waals surface area (Å²) in [6, 6.07) is 5.80. The third-order valence-corrected chi connectivity index (χ3v) is 3.59. The van der Waals surface area contributed by atoms with Gasteiger partial charge in [0, 0.05) is 18.0 Å². The molecule has 90 valence electrons. The Kier molecular flexibility index (Phi) is 2.38. The van der Waals surface area contributed by atoms with E-state index in [0.717, 1.165) is 16.6 Å². The number of nitrogens with zero attached hydrogens (tertiary/aromatic N) is 3. The van der Waals surface area contributed by atoms with Gasteiger partial charge in [-0.1, -0.05) is 0 Å². The van der Waals surface area contributed by atoms with Gasteiger partial charge in [-0.2, -0.15) is 0 Å². The minimum absolute atomic E-state index is 0.0797. The molecule has 18 heavy (non-hydrogen) atoms. The maximum Gasteiger partial charge on any atom is 0.355 e. The fourth-order valence-corrected chi connectivity index (χ4v) is 2.56. The van der Waals surface area contributed by atoms with Crippen LogP contribution < -0.4 is 0 Å². The summed E-state index contributed by atoms with van der Waals surface area (Å²) in [6.45, 7) is 0. The summed E-state index contributed by atoms with van der Waals surface area (Å²) in [7, 11) is 1.93. The van der Waals surface area contributed by atoms with Crippen LogP contribution in [0.5, 0.6) is 0 Å². The number of aryl methyl sites for hydroxylation is 1. The van der Waals surface area contributed by atoms with Gasteiger partial charge in [-0.25, -0.2) is 14.8 Å². The topological polar surface area (TPSA) is 68.0 Å². The predicted molar refractivity (Wildman–Crippen MR) is 68.8 cm³/mol. The van der Waals surface area contributed by atoms with Crippen molar-refractivity contribution in [1.29, 1.82) is 0 Å². The van der Waals surface area contributed by atoms with Gasteiger partial charge in [-0.05, 0) is 18.2 Å². The first-order valence-corrected chi connectivity index (χ1v) is 6.13. The van der Waals surface area contributed by atoms with Crippen molar-refractivity contribution in [2.24, 2.45) is 7.05 Å². The Morgan fingerprint density at radius 3 is 3.00 bits per heavy atom. The summed E-state index contributed by atoms with van der Waals surface area (Å²) in [5, 5.41) is 11.1. The average Bonchev–Trinajstić information content (AvgIpc) is 2.96. The smallest absolute Gasteiger partial charge is 0.355 e. The minimum atomic E-state index is -1.00. The molecule has 5 nitrogen and oxygen atoms in total. The van der Waals surface area contributed by atoms with Crippen molar-refractivity contribution in [3.05, 3.63) is 35.6 Å². The van der Waals surface area contributed by atoms with Crippen molar-refractivity contribution in [2.45, 2.75) is 0 Å². The number of thiazole rings is 1. The first kappa shape index (κ1) is 10.9. The summed E-state index contributed by atoms with van der Waals surface area (Å²) >= 11 is 1.32. The van der Waals surface area contributed by atoms with Gasteiger partial charge in [-0.3, -0.25) is 0 Å². The van der Waals surface area contributed by atoms with Crippen LogP contribution in [0.25, 0.3) is 21.6 Å². The Hall–Kier alpha value is -2.21. The van der Waals surface area contributed by atoms with Gasteiger partial charge in [0.25, 0.3) is 0 Å². The number of rotatable bonds is 2. The van der Waals surface area contributed by atoms with Crippen LogP contribution in [-0.2, 0) is 7.05 Å². The quantitative estimate of drug-likeness (QED) is 0.767. The molecule has 1 aromatic carbocycles. The van der Waals surface area contributed by atoms with E-state index in [4.69, 9.17) is 5.11 Å². The molecule has 3 rings (SSSR count). The maximum absolute atomic E-state index is 10.8. The Bertz CT molecular complexity index is 745. The van der Waals surface area contributed by atoms with Crippen LogP contribution in [0.15, 0.2) is 29.9 Å². The van der Waals surface area contributed by atoms with E-state index in [1.807, 2.05) is 29.8 Å². The van der Waals surface area contributed by atoms with E-state index in [1.165, 1.54) is 11.3 Å². The zero-order chi connectivity index (χ0) is 12.7. The van der Waals surface area contributed by atoms with E-state index in [1.54, 1.807) is 11.7 Å². The van der Waals surface area contributed by atoms with Crippen molar-refractivity contribution in [3.63, 3.8) is 0 Å². The first-order valence-electron chi connectivity index (χ1n) is 5.25. The van der Waals surface area contributed by atoms with Gasteiger partial charge in [0.2, 0.25) is 0 Å². The zero-order valence-corrected chi connectivity index (χ0v) is 10.3. The van der Waals surface area contributed by atoms with E-state index in [2.05, 4.69) is 9.97 Å². The van der Waals surface area contributed by atoms with Crippen LogP contribution in [0.2, 0.25) is 0 Å². The Morgan fingerprint density at radius 2 is 2.28 bits per heavy atom. The van der Waals surface area contributed by atoms with Crippen LogP contribution in [0.4, 0.5) is 0 Å². The molecule has 0 saturated heterocycles. The van der Waals surface area contributed by atoms with Gasteiger partial charge in [0.1, 0.15) is 5.01 Å². The lowest BCUT2D eigenvalue weighted by Crippen LogP contribution is -1.95. The van der Waals surface area contributed by atoms with Gasteiger partial charge in [-0.15, -0.1) is 11.3 Å². The summed E-state index contributed by atoms with van der Waals surface area (Å²) < 4.78 is 1.93. The van der Waals surface area contributed by atoms with Gasteiger partial charge in [0.05, 0.1) is 17.4 Å². The fraction of sp³-hybridized carbons (Fsp3) is 0.0833. The molecule has 0 saturated carbocycles. The molecule has 6 heteroatoms. The van der Waals surface area contributed by atoms with Crippen LogP contribution in [0.1, 0.15) is 10.5 Å². The van der Waals surface area contributed by atoms with Crippen molar-refractivity contribution >= 4 is 28.3 Å². The lowest BCUT2D eigenvalue weighted by Gasteiger charge is -1.97. The molecule has 0 bridgehead atoms. The number of fused-ring (bicyclic) bond motifs is 1. The fourth-order valence-electron chi connectivity index (χ4n) is 1.77. The number of hydrogen-bond acceptors (Lipinski definition) is 4.